The van der Waals surface area contributed by atoms with Crippen LogP contribution in [0.5, 0.6) is 0 Å². The van der Waals surface area contributed by atoms with Gasteiger partial charge >= 0.3 is 0 Å². The quantitative estimate of drug-likeness (QED) is 0.261. The molecule has 0 spiro atoms. The average Bonchev–Trinajstić information content (AvgIpc) is 3.55. The molecule has 1 N–H and O–H groups in total. The van der Waals surface area contributed by atoms with Crippen molar-refractivity contribution in [3.63, 3.8) is 0 Å². The van der Waals surface area contributed by atoms with E-state index in [4.69, 9.17) is 9.97 Å². The summed E-state index contributed by atoms with van der Waals surface area (Å²) in [7, 11) is 0. The lowest BCUT2D eigenvalue weighted by atomic mass is 9.99. The summed E-state index contributed by atoms with van der Waals surface area (Å²) >= 11 is 1.86. The van der Waals surface area contributed by atoms with Crippen LogP contribution in [0.4, 0.5) is 0 Å². The Morgan fingerprint density at radius 3 is 2.13 bits per heavy atom. The van der Waals surface area contributed by atoms with Gasteiger partial charge in [-0.2, -0.15) is 0 Å². The zero-order valence-corrected chi connectivity index (χ0v) is 21.2. The van der Waals surface area contributed by atoms with Gasteiger partial charge in [0.2, 0.25) is 0 Å². The van der Waals surface area contributed by atoms with Gasteiger partial charge < -0.3 is 4.98 Å². The summed E-state index contributed by atoms with van der Waals surface area (Å²) in [5.41, 5.74) is 7.38. The van der Waals surface area contributed by atoms with Gasteiger partial charge in [0.1, 0.15) is 5.65 Å². The van der Waals surface area contributed by atoms with E-state index in [1.165, 1.54) is 31.3 Å². The fourth-order valence-electron chi connectivity index (χ4n) is 5.46. The first-order valence-corrected chi connectivity index (χ1v) is 13.5. The summed E-state index contributed by atoms with van der Waals surface area (Å²) in [6, 6.07) is 42.6. The molecule has 8 aromatic rings. The van der Waals surface area contributed by atoms with Gasteiger partial charge in [0.05, 0.1) is 11.1 Å². The van der Waals surface area contributed by atoms with E-state index >= 15 is 0 Å². The molecule has 0 atom stereocenters. The van der Waals surface area contributed by atoms with E-state index in [0.717, 1.165) is 44.6 Å². The predicted molar refractivity (Wildman–Crippen MR) is 161 cm³/mol. The number of rotatable bonds is 3. The molecule has 0 unspecified atom stereocenters. The number of thiophene rings is 1. The molecule has 0 aliphatic heterocycles. The van der Waals surface area contributed by atoms with Crippen molar-refractivity contribution in [1.82, 2.24) is 15.0 Å². The number of nitrogens with zero attached hydrogens (tertiary/aromatic N) is 2. The molecule has 0 radical (unpaired) electrons. The summed E-state index contributed by atoms with van der Waals surface area (Å²) in [6.07, 6.45) is 0. The molecule has 0 saturated carbocycles. The predicted octanol–water partition coefficient (Wildman–Crippen LogP) is 9.48. The second-order valence-corrected chi connectivity index (χ2v) is 10.6. The summed E-state index contributed by atoms with van der Waals surface area (Å²) in [6.45, 7) is 0. The maximum absolute atomic E-state index is 5.12. The first-order chi connectivity index (χ1) is 18.8. The number of hydrogen-bond donors (Lipinski definition) is 1. The molecule has 5 aromatic carbocycles. The van der Waals surface area contributed by atoms with Gasteiger partial charge in [0.15, 0.2) is 5.82 Å². The molecular formula is C34H21N3S. The minimum absolute atomic E-state index is 0.721. The Bertz CT molecular complexity index is 2120. The van der Waals surface area contributed by atoms with Gasteiger partial charge in [0.25, 0.3) is 0 Å². The lowest BCUT2D eigenvalue weighted by molar-refractivity contribution is 1.21. The van der Waals surface area contributed by atoms with E-state index in [0.29, 0.717) is 0 Å². The lowest BCUT2D eigenvalue weighted by Crippen LogP contribution is -1.94. The van der Waals surface area contributed by atoms with Crippen LogP contribution in [0.1, 0.15) is 0 Å². The number of fused-ring (bicyclic) bond motifs is 6. The maximum atomic E-state index is 5.12. The molecule has 0 fully saturated rings. The van der Waals surface area contributed by atoms with Gasteiger partial charge in [0, 0.05) is 42.2 Å². The molecule has 0 amide bonds. The van der Waals surface area contributed by atoms with Crippen molar-refractivity contribution in [1.29, 1.82) is 0 Å². The van der Waals surface area contributed by atoms with E-state index in [9.17, 15) is 0 Å². The molecule has 0 saturated heterocycles. The van der Waals surface area contributed by atoms with Crippen LogP contribution in [0.2, 0.25) is 0 Å². The van der Waals surface area contributed by atoms with Gasteiger partial charge in [-0.3, -0.25) is 0 Å². The second-order valence-electron chi connectivity index (χ2n) is 9.52. The Labute approximate surface area is 223 Å². The largest absolute Gasteiger partial charge is 0.339 e. The van der Waals surface area contributed by atoms with Crippen LogP contribution in [0, 0.1) is 0 Å². The van der Waals surface area contributed by atoms with Crippen LogP contribution in [0.3, 0.4) is 0 Å². The van der Waals surface area contributed by atoms with Crippen LogP contribution in [-0.4, -0.2) is 15.0 Å². The summed E-state index contributed by atoms with van der Waals surface area (Å²) in [4.78, 5) is 13.7. The van der Waals surface area contributed by atoms with Crippen LogP contribution in [0.15, 0.2) is 121 Å². The second kappa shape index (κ2) is 8.37. The SMILES string of the molecule is c1ccc(-c2nc(-c3ccccc3)c3c(n2)[nH]c2ccc(-c4cccc5c4sc4ccccc45)cc23)cc1. The van der Waals surface area contributed by atoms with Crippen molar-refractivity contribution in [3.8, 4) is 33.8 Å². The number of nitrogens with one attached hydrogen (secondary N) is 1. The van der Waals surface area contributed by atoms with Crippen LogP contribution in [-0.2, 0) is 0 Å². The fraction of sp³-hybridized carbons (Fsp3) is 0. The Morgan fingerprint density at radius 2 is 1.29 bits per heavy atom. The first kappa shape index (κ1) is 21.3. The van der Waals surface area contributed by atoms with E-state index in [1.807, 2.05) is 35.6 Å². The normalized spacial score (nSPS) is 11.7. The third-order valence-electron chi connectivity index (χ3n) is 7.25. The highest BCUT2D eigenvalue weighted by atomic mass is 32.1. The van der Waals surface area contributed by atoms with Gasteiger partial charge in [-0.15, -0.1) is 11.3 Å². The minimum atomic E-state index is 0.721. The van der Waals surface area contributed by atoms with E-state index in [2.05, 4.69) is 102 Å². The third-order valence-corrected chi connectivity index (χ3v) is 8.47. The van der Waals surface area contributed by atoms with Crippen molar-refractivity contribution in [2.24, 2.45) is 0 Å². The topological polar surface area (TPSA) is 41.6 Å². The minimum Gasteiger partial charge on any atom is -0.339 e. The summed E-state index contributed by atoms with van der Waals surface area (Å²) < 4.78 is 2.63. The highest BCUT2D eigenvalue weighted by Gasteiger charge is 2.18. The number of H-pyrrole nitrogens is 1. The molecular weight excluding hydrogens is 482 g/mol. The smallest absolute Gasteiger partial charge is 0.162 e. The van der Waals surface area contributed by atoms with Gasteiger partial charge in [-0.1, -0.05) is 103 Å². The van der Waals surface area contributed by atoms with Crippen molar-refractivity contribution < 1.29 is 0 Å². The molecule has 0 aliphatic carbocycles. The number of aromatic amines is 1. The number of aromatic nitrogens is 3. The van der Waals surface area contributed by atoms with Crippen molar-refractivity contribution in [2.45, 2.75) is 0 Å². The van der Waals surface area contributed by atoms with E-state index in [1.54, 1.807) is 0 Å². The van der Waals surface area contributed by atoms with Crippen LogP contribution >= 0.6 is 11.3 Å². The van der Waals surface area contributed by atoms with E-state index < -0.39 is 0 Å². The number of benzene rings is 5. The first-order valence-electron chi connectivity index (χ1n) is 12.7. The standard InChI is InChI=1S/C34H21N3S/c1-3-10-21(11-4-1)31-30-27-20-23(24-15-9-16-26-25-14-7-8-17-29(25)38-32(24)26)18-19-28(27)35-34(30)37-33(36-31)22-12-5-2-6-13-22/h1-20H,(H,35,36,37). The third kappa shape index (κ3) is 3.28. The van der Waals surface area contributed by atoms with Crippen molar-refractivity contribution >= 4 is 53.4 Å². The zero-order chi connectivity index (χ0) is 25.1. The highest BCUT2D eigenvalue weighted by molar-refractivity contribution is 7.26. The lowest BCUT2D eigenvalue weighted by Gasteiger charge is -2.08. The fourth-order valence-corrected chi connectivity index (χ4v) is 6.70. The molecule has 8 rings (SSSR count). The average molecular weight is 504 g/mol. The van der Waals surface area contributed by atoms with Crippen LogP contribution < -0.4 is 0 Å². The zero-order valence-electron chi connectivity index (χ0n) is 20.3. The molecule has 0 aliphatic rings. The Morgan fingerprint density at radius 1 is 0.553 bits per heavy atom. The molecule has 3 aromatic heterocycles. The molecule has 178 valence electrons. The Kier molecular flexibility index (Phi) is 4.69. The summed E-state index contributed by atoms with van der Waals surface area (Å²) in [5, 5.41) is 4.81. The highest BCUT2D eigenvalue weighted by Crippen LogP contribution is 2.42. The Hall–Kier alpha value is -4.80. The van der Waals surface area contributed by atoms with Gasteiger partial charge in [-0.25, -0.2) is 9.97 Å². The summed E-state index contributed by atoms with van der Waals surface area (Å²) in [5.74, 6) is 0.721. The maximum Gasteiger partial charge on any atom is 0.162 e. The van der Waals surface area contributed by atoms with Gasteiger partial charge in [-0.05, 0) is 29.3 Å². The van der Waals surface area contributed by atoms with E-state index in [-0.39, 0.29) is 0 Å². The molecule has 3 heterocycles. The molecule has 38 heavy (non-hydrogen) atoms. The molecule has 4 heteroatoms. The molecule has 0 bridgehead atoms. The van der Waals surface area contributed by atoms with Crippen molar-refractivity contribution in [2.75, 3.05) is 0 Å². The van der Waals surface area contributed by atoms with Crippen molar-refractivity contribution in [3.05, 3.63) is 121 Å². The molecule has 3 nitrogen and oxygen atoms in total. The van der Waals surface area contributed by atoms with Crippen LogP contribution in [0.25, 0.3) is 75.9 Å². The Balaban J connectivity index is 1.41. The monoisotopic (exact) mass is 503 g/mol. The number of hydrogen-bond acceptors (Lipinski definition) is 3.